The van der Waals surface area contributed by atoms with Crippen LogP contribution in [0.25, 0.3) is 0 Å². The maximum absolute atomic E-state index is 13.9. The Balaban J connectivity index is 2.26. The summed E-state index contributed by atoms with van der Waals surface area (Å²) in [6, 6.07) is 10.1. The van der Waals surface area contributed by atoms with Crippen LogP contribution in [0.2, 0.25) is 0 Å². The van der Waals surface area contributed by atoms with Crippen molar-refractivity contribution in [3.63, 3.8) is 0 Å². The minimum absolute atomic E-state index is 0.0194. The highest BCUT2D eigenvalue weighted by atomic mass is 32.2. The van der Waals surface area contributed by atoms with Gasteiger partial charge in [0.2, 0.25) is 10.0 Å². The van der Waals surface area contributed by atoms with E-state index in [4.69, 9.17) is 0 Å². The molecule has 29 heavy (non-hydrogen) atoms. The molecule has 0 saturated heterocycles. The van der Waals surface area contributed by atoms with Gasteiger partial charge in [-0.15, -0.1) is 0 Å². The van der Waals surface area contributed by atoms with E-state index in [2.05, 4.69) is 5.32 Å². The highest BCUT2D eigenvalue weighted by Gasteiger charge is 2.23. The second-order valence-corrected chi connectivity index (χ2v) is 9.83. The molecule has 2 N–H and O–H groups in total. The molecule has 2 amide bonds. The molecule has 0 radical (unpaired) electrons. The fraction of sp³-hybridized carbons (Fsp3) is 0.333. The van der Waals surface area contributed by atoms with Crippen LogP contribution in [0, 0.1) is 18.2 Å². The van der Waals surface area contributed by atoms with Crippen molar-refractivity contribution in [1.82, 2.24) is 4.72 Å². The third-order valence-electron chi connectivity index (χ3n) is 4.24. The van der Waals surface area contributed by atoms with Crippen LogP contribution in [0.4, 0.5) is 10.1 Å². The van der Waals surface area contributed by atoms with Gasteiger partial charge in [-0.3, -0.25) is 9.59 Å². The molecular formula is C21H25FN2O4S. The number of benzene rings is 2. The molecule has 0 aliphatic carbocycles. The summed E-state index contributed by atoms with van der Waals surface area (Å²) in [5, 5.41) is 2.52. The maximum atomic E-state index is 13.9. The third-order valence-corrected chi connectivity index (χ3v) is 5.48. The Labute approximate surface area is 170 Å². The average molecular weight is 421 g/mol. The first kappa shape index (κ1) is 22.5. The molecule has 0 bridgehead atoms. The molecule has 6 nitrogen and oxygen atoms in total. The molecule has 0 aliphatic rings. The van der Waals surface area contributed by atoms with Crippen molar-refractivity contribution < 1.29 is 22.4 Å². The van der Waals surface area contributed by atoms with Crippen molar-refractivity contribution in [3.05, 3.63) is 65.0 Å². The lowest BCUT2D eigenvalue weighted by Gasteiger charge is -2.18. The van der Waals surface area contributed by atoms with Crippen molar-refractivity contribution in [3.8, 4) is 0 Å². The molecule has 0 spiro atoms. The smallest absolute Gasteiger partial charge is 0.266 e. The maximum Gasteiger partial charge on any atom is 0.266 e. The minimum atomic E-state index is -3.85. The second kappa shape index (κ2) is 8.73. The van der Waals surface area contributed by atoms with Crippen LogP contribution in [-0.4, -0.2) is 26.0 Å². The van der Waals surface area contributed by atoms with Crippen LogP contribution < -0.4 is 10.0 Å². The topological polar surface area (TPSA) is 92.3 Å². The Morgan fingerprint density at radius 1 is 0.966 bits per heavy atom. The van der Waals surface area contributed by atoms with E-state index < -0.39 is 27.7 Å². The summed E-state index contributed by atoms with van der Waals surface area (Å²) in [6.45, 7) is 7.37. The summed E-state index contributed by atoms with van der Waals surface area (Å²) in [5.74, 6) is -2.49. The molecule has 0 fully saturated rings. The van der Waals surface area contributed by atoms with Gasteiger partial charge in [-0.25, -0.2) is 17.5 Å². The predicted octanol–water partition coefficient (Wildman–Crippen LogP) is 3.88. The summed E-state index contributed by atoms with van der Waals surface area (Å²) in [6.07, 6.45) is 0.375. The summed E-state index contributed by atoms with van der Waals surface area (Å²) < 4.78 is 40.5. The molecular weight excluding hydrogens is 395 g/mol. The standard InChI is InChI=1S/C21H25FN2O4S/c1-14-8-7-10-16(20(26)24-29(27,28)13-12-21(2,3)4)18(14)23-19(25)15-9-5-6-11-17(15)22/h5-11H,12-13H2,1-4H3,(H,23,25)(H,24,26). The number of aryl methyl sites for hydroxylation is 1. The summed E-state index contributed by atoms with van der Waals surface area (Å²) >= 11 is 0. The lowest BCUT2D eigenvalue weighted by molar-refractivity contribution is 0.0982. The van der Waals surface area contributed by atoms with Crippen molar-refractivity contribution in [2.45, 2.75) is 34.1 Å². The quantitative estimate of drug-likeness (QED) is 0.742. The van der Waals surface area contributed by atoms with Gasteiger partial charge in [0.1, 0.15) is 5.82 Å². The minimum Gasteiger partial charge on any atom is -0.321 e. The fourth-order valence-electron chi connectivity index (χ4n) is 2.54. The predicted molar refractivity (Wildman–Crippen MR) is 111 cm³/mol. The van der Waals surface area contributed by atoms with Crippen molar-refractivity contribution in [2.75, 3.05) is 11.1 Å². The van der Waals surface area contributed by atoms with Gasteiger partial charge in [0.05, 0.1) is 22.6 Å². The summed E-state index contributed by atoms with van der Waals surface area (Å²) in [4.78, 5) is 25.1. The van der Waals surface area contributed by atoms with Crippen molar-refractivity contribution in [1.29, 1.82) is 0 Å². The number of para-hydroxylation sites is 1. The molecule has 2 aromatic carbocycles. The van der Waals surface area contributed by atoms with Gasteiger partial charge in [0.15, 0.2) is 0 Å². The van der Waals surface area contributed by atoms with Gasteiger partial charge < -0.3 is 5.32 Å². The number of amides is 2. The number of sulfonamides is 1. The van der Waals surface area contributed by atoms with E-state index in [1.54, 1.807) is 19.1 Å². The van der Waals surface area contributed by atoms with Gasteiger partial charge in [0, 0.05) is 0 Å². The Morgan fingerprint density at radius 3 is 2.21 bits per heavy atom. The lowest BCUT2D eigenvalue weighted by Crippen LogP contribution is -2.34. The average Bonchev–Trinajstić information content (AvgIpc) is 2.61. The van der Waals surface area contributed by atoms with Crippen LogP contribution in [0.15, 0.2) is 42.5 Å². The van der Waals surface area contributed by atoms with Gasteiger partial charge in [0.25, 0.3) is 11.8 Å². The first-order valence-corrected chi connectivity index (χ1v) is 10.8. The van der Waals surface area contributed by atoms with Crippen LogP contribution in [0.1, 0.15) is 53.5 Å². The molecule has 0 aliphatic heterocycles. The molecule has 0 saturated carbocycles. The van der Waals surface area contributed by atoms with Crippen LogP contribution >= 0.6 is 0 Å². The number of hydrogen-bond donors (Lipinski definition) is 2. The molecule has 0 heterocycles. The molecule has 8 heteroatoms. The van der Waals surface area contributed by atoms with E-state index in [-0.39, 0.29) is 28.0 Å². The molecule has 2 rings (SSSR count). The number of halogens is 1. The highest BCUT2D eigenvalue weighted by molar-refractivity contribution is 7.90. The van der Waals surface area contributed by atoms with E-state index in [0.717, 1.165) is 6.07 Å². The number of carbonyl (C=O) groups excluding carboxylic acids is 2. The largest absolute Gasteiger partial charge is 0.321 e. The molecule has 0 aromatic heterocycles. The Morgan fingerprint density at radius 2 is 1.59 bits per heavy atom. The second-order valence-electron chi connectivity index (χ2n) is 7.99. The van der Waals surface area contributed by atoms with Crippen LogP contribution in [0.5, 0.6) is 0 Å². The van der Waals surface area contributed by atoms with E-state index in [9.17, 15) is 22.4 Å². The zero-order valence-electron chi connectivity index (χ0n) is 16.9. The zero-order chi connectivity index (χ0) is 21.8. The number of anilines is 1. The molecule has 2 aromatic rings. The number of nitrogens with one attached hydrogen (secondary N) is 2. The van der Waals surface area contributed by atoms with Gasteiger partial charge in [-0.2, -0.15) is 0 Å². The Bertz CT molecular complexity index is 1030. The monoisotopic (exact) mass is 420 g/mol. The summed E-state index contributed by atoms with van der Waals surface area (Å²) in [5.41, 5.74) is 0.257. The van der Waals surface area contributed by atoms with Crippen LogP contribution in [0.3, 0.4) is 0 Å². The number of rotatable bonds is 6. The SMILES string of the molecule is Cc1cccc(C(=O)NS(=O)(=O)CCC(C)(C)C)c1NC(=O)c1ccccc1F. The van der Waals surface area contributed by atoms with E-state index in [1.165, 1.54) is 24.3 Å². The van der Waals surface area contributed by atoms with Gasteiger partial charge >= 0.3 is 0 Å². The van der Waals surface area contributed by atoms with E-state index in [0.29, 0.717) is 12.0 Å². The van der Waals surface area contributed by atoms with Crippen molar-refractivity contribution >= 4 is 27.5 Å². The molecule has 0 unspecified atom stereocenters. The van der Waals surface area contributed by atoms with E-state index >= 15 is 0 Å². The van der Waals surface area contributed by atoms with E-state index in [1.807, 2.05) is 25.5 Å². The van der Waals surface area contributed by atoms with Gasteiger partial charge in [-0.1, -0.05) is 45.0 Å². The molecule has 0 atom stereocenters. The fourth-order valence-corrected chi connectivity index (χ4v) is 3.91. The number of hydrogen-bond acceptors (Lipinski definition) is 4. The first-order valence-electron chi connectivity index (χ1n) is 9.10. The lowest BCUT2D eigenvalue weighted by atomic mass is 9.94. The Hall–Kier alpha value is -2.74. The van der Waals surface area contributed by atoms with Crippen molar-refractivity contribution in [2.24, 2.45) is 5.41 Å². The summed E-state index contributed by atoms with van der Waals surface area (Å²) in [7, 11) is -3.85. The normalized spacial score (nSPS) is 11.8. The zero-order valence-corrected chi connectivity index (χ0v) is 17.7. The Kier molecular flexibility index (Phi) is 6.79. The van der Waals surface area contributed by atoms with Crippen LogP contribution in [-0.2, 0) is 10.0 Å². The molecule has 156 valence electrons. The highest BCUT2D eigenvalue weighted by Crippen LogP contribution is 2.23. The number of carbonyl (C=O) groups is 2. The first-order chi connectivity index (χ1) is 13.4. The van der Waals surface area contributed by atoms with Gasteiger partial charge in [-0.05, 0) is 42.5 Å². The third kappa shape index (κ3) is 6.39.